The molecule has 0 aromatic carbocycles. The Morgan fingerprint density at radius 1 is 0.680 bits per heavy atom. The predicted molar refractivity (Wildman–Crippen MR) is 98.5 cm³/mol. The van der Waals surface area contributed by atoms with E-state index in [-0.39, 0.29) is 6.42 Å². The second-order valence-electron chi connectivity index (χ2n) is 7.93. The van der Waals surface area contributed by atoms with Gasteiger partial charge in [-0.25, -0.2) is 0 Å². The third-order valence-electron chi connectivity index (χ3n) is 4.81. The summed E-state index contributed by atoms with van der Waals surface area (Å²) in [6.45, 7) is 8.96. The molecule has 0 amide bonds. The van der Waals surface area contributed by atoms with Crippen molar-refractivity contribution in [3.8, 4) is 0 Å². The predicted octanol–water partition coefficient (Wildman–Crippen LogP) is 4.78. The monoisotopic (exact) mass is 356 g/mol. The summed E-state index contributed by atoms with van der Waals surface area (Å²) >= 11 is 0. The summed E-state index contributed by atoms with van der Waals surface area (Å²) in [6.07, 6.45) is 8.79. The number of carboxylic acids is 2. The summed E-state index contributed by atoms with van der Waals surface area (Å²) in [7, 11) is 0. The Bertz CT molecular complexity index is 402. The second-order valence-corrected chi connectivity index (χ2v) is 7.93. The Balaban J connectivity index is 3.86. The number of rotatable bonds is 15. The first-order valence-corrected chi connectivity index (χ1v) is 9.63. The van der Waals surface area contributed by atoms with Gasteiger partial charge in [0, 0.05) is 6.42 Å². The van der Waals surface area contributed by atoms with Gasteiger partial charge in [0.15, 0.2) is 5.78 Å². The highest BCUT2D eigenvalue weighted by atomic mass is 16.4. The highest BCUT2D eigenvalue weighted by Crippen LogP contribution is 2.21. The van der Waals surface area contributed by atoms with Gasteiger partial charge in [-0.05, 0) is 24.2 Å². The molecule has 0 saturated carbocycles. The van der Waals surface area contributed by atoms with Crippen molar-refractivity contribution >= 4 is 17.7 Å². The minimum absolute atomic E-state index is 0.0270. The van der Waals surface area contributed by atoms with E-state index < -0.39 is 23.6 Å². The fourth-order valence-electron chi connectivity index (χ4n) is 3.13. The lowest BCUT2D eigenvalue weighted by Gasteiger charge is -2.15. The zero-order valence-electron chi connectivity index (χ0n) is 16.3. The number of aliphatic carboxylic acids is 2. The van der Waals surface area contributed by atoms with Gasteiger partial charge in [-0.1, -0.05) is 72.6 Å². The topological polar surface area (TPSA) is 91.7 Å². The maximum Gasteiger partial charge on any atom is 0.325 e. The van der Waals surface area contributed by atoms with Crippen LogP contribution >= 0.6 is 0 Å². The number of carbonyl (C=O) groups is 3. The van der Waals surface area contributed by atoms with Crippen LogP contribution < -0.4 is 0 Å². The van der Waals surface area contributed by atoms with E-state index in [4.69, 9.17) is 10.2 Å². The second kappa shape index (κ2) is 12.9. The lowest BCUT2D eigenvalue weighted by atomic mass is 9.91. The first-order chi connectivity index (χ1) is 11.6. The van der Waals surface area contributed by atoms with Gasteiger partial charge in [-0.15, -0.1) is 0 Å². The normalized spacial score (nSPS) is 13.8. The summed E-state index contributed by atoms with van der Waals surface area (Å²) in [6, 6.07) is 0. The number of ketones is 1. The number of carbonyl (C=O) groups excluding carboxylic acids is 1. The summed E-state index contributed by atoms with van der Waals surface area (Å²) in [5.74, 6) is -3.76. The molecule has 0 unspecified atom stereocenters. The Hall–Kier alpha value is -1.39. The van der Waals surface area contributed by atoms with E-state index in [9.17, 15) is 14.4 Å². The van der Waals surface area contributed by atoms with Crippen molar-refractivity contribution in [3.63, 3.8) is 0 Å². The van der Waals surface area contributed by atoms with E-state index in [2.05, 4.69) is 27.7 Å². The van der Waals surface area contributed by atoms with Crippen LogP contribution in [0.3, 0.4) is 0 Å². The summed E-state index contributed by atoms with van der Waals surface area (Å²) in [5.41, 5.74) is 0. The van der Waals surface area contributed by atoms with Crippen LogP contribution in [0.25, 0.3) is 0 Å². The molecule has 25 heavy (non-hydrogen) atoms. The molecule has 0 aromatic rings. The molecular weight excluding hydrogens is 320 g/mol. The summed E-state index contributed by atoms with van der Waals surface area (Å²) in [5, 5.41) is 17.6. The van der Waals surface area contributed by atoms with Crippen molar-refractivity contribution in [2.24, 2.45) is 23.7 Å². The smallest absolute Gasteiger partial charge is 0.325 e. The quantitative estimate of drug-likeness (QED) is 0.412. The first kappa shape index (κ1) is 23.6. The molecule has 0 radical (unpaired) electrons. The van der Waals surface area contributed by atoms with Crippen LogP contribution in [-0.2, 0) is 14.4 Å². The fraction of sp³-hybridized carbons (Fsp3) is 0.850. The minimum Gasteiger partial charge on any atom is -0.480 e. The van der Waals surface area contributed by atoms with Gasteiger partial charge in [0.05, 0.1) is 0 Å². The van der Waals surface area contributed by atoms with E-state index in [1.54, 1.807) is 0 Å². The van der Waals surface area contributed by atoms with Crippen molar-refractivity contribution in [2.45, 2.75) is 85.5 Å². The fourth-order valence-corrected chi connectivity index (χ4v) is 3.13. The van der Waals surface area contributed by atoms with Crippen molar-refractivity contribution in [2.75, 3.05) is 0 Å². The van der Waals surface area contributed by atoms with Gasteiger partial charge in [0.1, 0.15) is 0 Å². The standard InChI is InChI=1S/C20H36O5/c1-14(2)8-5-9-15(3)10-6-11-16(4)12-7-13-17(21)18(19(22)23)20(24)25/h14-16,18H,5-13H2,1-4H3,(H,22,23)(H,24,25)/t15-,16-/m1/s1. The van der Waals surface area contributed by atoms with Gasteiger partial charge < -0.3 is 10.2 Å². The van der Waals surface area contributed by atoms with E-state index >= 15 is 0 Å². The zero-order valence-corrected chi connectivity index (χ0v) is 16.3. The molecule has 0 spiro atoms. The molecule has 2 atom stereocenters. The Morgan fingerprint density at radius 3 is 1.48 bits per heavy atom. The third kappa shape index (κ3) is 11.7. The Morgan fingerprint density at radius 2 is 1.08 bits per heavy atom. The molecule has 0 bridgehead atoms. The van der Waals surface area contributed by atoms with Crippen molar-refractivity contribution in [1.82, 2.24) is 0 Å². The first-order valence-electron chi connectivity index (χ1n) is 9.63. The lowest BCUT2D eigenvalue weighted by molar-refractivity contribution is -0.157. The van der Waals surface area contributed by atoms with E-state index in [0.29, 0.717) is 12.3 Å². The highest BCUT2D eigenvalue weighted by Gasteiger charge is 2.32. The molecule has 2 N–H and O–H groups in total. The minimum atomic E-state index is -1.91. The molecule has 0 fully saturated rings. The van der Waals surface area contributed by atoms with E-state index in [1.165, 1.54) is 32.1 Å². The maximum absolute atomic E-state index is 11.7. The van der Waals surface area contributed by atoms with Crippen molar-refractivity contribution < 1.29 is 24.6 Å². The molecule has 0 saturated heterocycles. The molecule has 0 aliphatic carbocycles. The van der Waals surface area contributed by atoms with Crippen molar-refractivity contribution in [1.29, 1.82) is 0 Å². The van der Waals surface area contributed by atoms with Crippen LogP contribution in [0.1, 0.15) is 85.5 Å². The molecule has 0 aromatic heterocycles. The van der Waals surface area contributed by atoms with Gasteiger partial charge in [-0.2, -0.15) is 0 Å². The molecule has 0 rings (SSSR count). The van der Waals surface area contributed by atoms with Crippen LogP contribution in [-0.4, -0.2) is 27.9 Å². The summed E-state index contributed by atoms with van der Waals surface area (Å²) in [4.78, 5) is 33.3. The lowest BCUT2D eigenvalue weighted by Crippen LogP contribution is -2.31. The van der Waals surface area contributed by atoms with Gasteiger partial charge >= 0.3 is 11.9 Å². The van der Waals surface area contributed by atoms with E-state index in [1.807, 2.05) is 0 Å². The highest BCUT2D eigenvalue weighted by molar-refractivity contribution is 6.13. The van der Waals surface area contributed by atoms with Gasteiger partial charge in [0.25, 0.3) is 0 Å². The van der Waals surface area contributed by atoms with Crippen LogP contribution in [0.4, 0.5) is 0 Å². The van der Waals surface area contributed by atoms with Crippen molar-refractivity contribution in [3.05, 3.63) is 0 Å². The number of Topliss-reactive ketones (excluding diaryl/α,β-unsaturated/α-hetero) is 1. The van der Waals surface area contributed by atoms with Crippen LogP contribution in [0, 0.1) is 23.7 Å². The molecule has 0 heterocycles. The molecule has 0 aliphatic rings. The number of carboxylic acid groups (broad SMARTS) is 2. The van der Waals surface area contributed by atoms with Crippen LogP contribution in [0.15, 0.2) is 0 Å². The van der Waals surface area contributed by atoms with Gasteiger partial charge in [0.2, 0.25) is 5.92 Å². The summed E-state index contributed by atoms with van der Waals surface area (Å²) < 4.78 is 0. The average molecular weight is 357 g/mol. The molecule has 5 nitrogen and oxygen atoms in total. The van der Waals surface area contributed by atoms with Gasteiger partial charge in [-0.3, -0.25) is 14.4 Å². The Labute approximate surface area is 152 Å². The molecular formula is C20H36O5. The molecule has 5 heteroatoms. The average Bonchev–Trinajstić information content (AvgIpc) is 2.45. The van der Waals surface area contributed by atoms with E-state index in [0.717, 1.165) is 24.7 Å². The zero-order chi connectivity index (χ0) is 19.4. The maximum atomic E-state index is 11.7. The molecule has 0 aliphatic heterocycles. The number of hydrogen-bond acceptors (Lipinski definition) is 3. The number of hydrogen-bond donors (Lipinski definition) is 2. The third-order valence-corrected chi connectivity index (χ3v) is 4.81. The Kier molecular flexibility index (Phi) is 12.2. The molecule has 146 valence electrons. The van der Waals surface area contributed by atoms with Crippen LogP contribution in [0.2, 0.25) is 0 Å². The largest absolute Gasteiger partial charge is 0.480 e. The van der Waals surface area contributed by atoms with Crippen LogP contribution in [0.5, 0.6) is 0 Å². The SMILES string of the molecule is CC(C)CCC[C@@H](C)CCC[C@@H](C)CCCC(=O)C(C(=O)O)C(=O)O.